The van der Waals surface area contributed by atoms with Crippen molar-refractivity contribution < 1.29 is 14.7 Å². The number of unbranched alkanes of at least 4 members (excludes halogenated alkanes) is 3. The van der Waals surface area contributed by atoms with Crippen LogP contribution in [0.1, 0.15) is 46.0 Å². The van der Waals surface area contributed by atoms with E-state index in [-0.39, 0.29) is 12.2 Å². The lowest BCUT2D eigenvalue weighted by Crippen LogP contribution is -2.31. The lowest BCUT2D eigenvalue weighted by Gasteiger charge is -2.19. The van der Waals surface area contributed by atoms with Crippen LogP contribution in [0.4, 0.5) is 0 Å². The lowest BCUT2D eigenvalue weighted by atomic mass is 10.2. The van der Waals surface area contributed by atoms with Crippen LogP contribution in [0.2, 0.25) is 0 Å². The molecule has 0 radical (unpaired) electrons. The van der Waals surface area contributed by atoms with Crippen LogP contribution < -0.4 is 0 Å². The summed E-state index contributed by atoms with van der Waals surface area (Å²) in [6.45, 7) is 5.37. The summed E-state index contributed by atoms with van der Waals surface area (Å²) in [5.41, 5.74) is 0. The minimum absolute atomic E-state index is 0.0980. The fourth-order valence-electron chi connectivity index (χ4n) is 1.60. The summed E-state index contributed by atoms with van der Waals surface area (Å²) in [5, 5.41) is 8.59. The number of rotatable bonds is 10. The van der Waals surface area contributed by atoms with Crippen molar-refractivity contribution in [3.05, 3.63) is 0 Å². The Labute approximate surface area is 97.6 Å². The summed E-state index contributed by atoms with van der Waals surface area (Å²) >= 11 is 0. The molecule has 0 saturated heterocycles. The van der Waals surface area contributed by atoms with E-state index in [0.29, 0.717) is 13.1 Å². The highest BCUT2D eigenvalue weighted by atomic mass is 16.4. The van der Waals surface area contributed by atoms with Gasteiger partial charge in [0.05, 0.1) is 13.0 Å². The second-order valence-corrected chi connectivity index (χ2v) is 4.18. The fourth-order valence-corrected chi connectivity index (χ4v) is 1.60. The van der Waals surface area contributed by atoms with Gasteiger partial charge in [-0.1, -0.05) is 26.2 Å². The Bertz CT molecular complexity index is 216. The Hall–Kier alpha value is -0.900. The van der Waals surface area contributed by atoms with Gasteiger partial charge in [-0.15, -0.1) is 0 Å². The molecule has 0 aromatic carbocycles. The standard InChI is InChI=1S/C12H23NO3/c1-3-4-5-6-8-13(10-11(2)14)9-7-12(15)16/h3-10H2,1-2H3,(H,15,16). The smallest absolute Gasteiger partial charge is 0.304 e. The van der Waals surface area contributed by atoms with E-state index in [4.69, 9.17) is 5.11 Å². The van der Waals surface area contributed by atoms with Crippen molar-refractivity contribution in [3.63, 3.8) is 0 Å². The first-order chi connectivity index (χ1) is 7.56. The Morgan fingerprint density at radius 2 is 1.81 bits per heavy atom. The summed E-state index contributed by atoms with van der Waals surface area (Å²) < 4.78 is 0. The van der Waals surface area contributed by atoms with E-state index >= 15 is 0 Å². The quantitative estimate of drug-likeness (QED) is 0.582. The monoisotopic (exact) mass is 229 g/mol. The van der Waals surface area contributed by atoms with Gasteiger partial charge in [-0.2, -0.15) is 0 Å². The van der Waals surface area contributed by atoms with Crippen molar-refractivity contribution in [2.45, 2.75) is 46.0 Å². The van der Waals surface area contributed by atoms with Crippen LogP contribution in [0.5, 0.6) is 0 Å². The summed E-state index contributed by atoms with van der Waals surface area (Å²) in [6, 6.07) is 0. The van der Waals surface area contributed by atoms with Gasteiger partial charge >= 0.3 is 5.97 Å². The minimum Gasteiger partial charge on any atom is -0.481 e. The molecule has 94 valence electrons. The zero-order valence-electron chi connectivity index (χ0n) is 10.4. The molecule has 4 nitrogen and oxygen atoms in total. The van der Waals surface area contributed by atoms with Gasteiger partial charge in [0.25, 0.3) is 0 Å². The van der Waals surface area contributed by atoms with Gasteiger partial charge in [0.1, 0.15) is 5.78 Å². The molecule has 1 N–H and O–H groups in total. The number of carboxylic acids is 1. The second kappa shape index (κ2) is 9.33. The number of nitrogens with zero attached hydrogens (tertiary/aromatic N) is 1. The van der Waals surface area contributed by atoms with Crippen LogP contribution in [0.25, 0.3) is 0 Å². The van der Waals surface area contributed by atoms with Gasteiger partial charge < -0.3 is 5.11 Å². The van der Waals surface area contributed by atoms with Crippen molar-refractivity contribution >= 4 is 11.8 Å². The SMILES string of the molecule is CCCCCCN(CCC(=O)O)CC(C)=O. The molecule has 0 aliphatic heterocycles. The first-order valence-corrected chi connectivity index (χ1v) is 5.99. The van der Waals surface area contributed by atoms with Gasteiger partial charge in [0.15, 0.2) is 0 Å². The number of hydrogen-bond donors (Lipinski definition) is 1. The molecule has 0 aliphatic carbocycles. The molecule has 0 rings (SSSR count). The largest absolute Gasteiger partial charge is 0.481 e. The first kappa shape index (κ1) is 15.1. The third kappa shape index (κ3) is 9.65. The average molecular weight is 229 g/mol. The summed E-state index contributed by atoms with van der Waals surface area (Å²) in [6.07, 6.45) is 4.69. The lowest BCUT2D eigenvalue weighted by molar-refractivity contribution is -0.137. The van der Waals surface area contributed by atoms with E-state index in [2.05, 4.69) is 6.92 Å². The predicted octanol–water partition coefficient (Wildman–Crippen LogP) is 1.93. The van der Waals surface area contributed by atoms with Gasteiger partial charge in [-0.25, -0.2) is 0 Å². The van der Waals surface area contributed by atoms with Crippen LogP contribution >= 0.6 is 0 Å². The van der Waals surface area contributed by atoms with Crippen molar-refractivity contribution in [1.82, 2.24) is 4.90 Å². The molecular weight excluding hydrogens is 206 g/mol. The van der Waals surface area contributed by atoms with E-state index in [0.717, 1.165) is 19.4 Å². The second-order valence-electron chi connectivity index (χ2n) is 4.18. The molecule has 16 heavy (non-hydrogen) atoms. The number of carbonyl (C=O) groups is 2. The molecule has 0 aromatic heterocycles. The maximum atomic E-state index is 11.0. The topological polar surface area (TPSA) is 57.6 Å². The maximum absolute atomic E-state index is 11.0. The predicted molar refractivity (Wildman–Crippen MR) is 63.5 cm³/mol. The Morgan fingerprint density at radius 1 is 1.12 bits per heavy atom. The molecule has 0 spiro atoms. The van der Waals surface area contributed by atoms with Crippen molar-refractivity contribution in [1.29, 1.82) is 0 Å². The molecule has 0 amide bonds. The van der Waals surface area contributed by atoms with Crippen molar-refractivity contribution in [3.8, 4) is 0 Å². The number of carboxylic acid groups (broad SMARTS) is 1. The van der Waals surface area contributed by atoms with Gasteiger partial charge in [-0.3, -0.25) is 14.5 Å². The van der Waals surface area contributed by atoms with Crippen LogP contribution in [0.15, 0.2) is 0 Å². The average Bonchev–Trinajstić information content (AvgIpc) is 2.19. The number of ketones is 1. The molecule has 0 aliphatic rings. The van der Waals surface area contributed by atoms with E-state index in [1.807, 2.05) is 4.90 Å². The normalized spacial score (nSPS) is 10.7. The molecule has 0 aromatic rings. The number of hydrogen-bond acceptors (Lipinski definition) is 3. The van der Waals surface area contributed by atoms with Crippen LogP contribution in [0, 0.1) is 0 Å². The summed E-state index contributed by atoms with van der Waals surface area (Å²) in [5.74, 6) is -0.706. The molecule has 0 saturated carbocycles. The summed E-state index contributed by atoms with van der Waals surface area (Å²) in [7, 11) is 0. The fraction of sp³-hybridized carbons (Fsp3) is 0.833. The zero-order valence-corrected chi connectivity index (χ0v) is 10.4. The molecule has 4 heteroatoms. The Balaban J connectivity index is 3.80. The maximum Gasteiger partial charge on any atom is 0.304 e. The Morgan fingerprint density at radius 3 is 2.31 bits per heavy atom. The van der Waals surface area contributed by atoms with E-state index < -0.39 is 5.97 Å². The number of Topliss-reactive ketones (excluding diaryl/α,β-unsaturated/α-hetero) is 1. The van der Waals surface area contributed by atoms with Gasteiger partial charge in [-0.05, 0) is 19.9 Å². The molecule has 0 bridgehead atoms. The minimum atomic E-state index is -0.804. The van der Waals surface area contributed by atoms with Crippen molar-refractivity contribution in [2.75, 3.05) is 19.6 Å². The van der Waals surface area contributed by atoms with E-state index in [9.17, 15) is 9.59 Å². The van der Waals surface area contributed by atoms with Crippen LogP contribution in [-0.4, -0.2) is 41.4 Å². The van der Waals surface area contributed by atoms with Crippen molar-refractivity contribution in [2.24, 2.45) is 0 Å². The molecule has 0 heterocycles. The molecule has 0 atom stereocenters. The highest BCUT2D eigenvalue weighted by Crippen LogP contribution is 2.02. The highest BCUT2D eigenvalue weighted by molar-refractivity contribution is 5.77. The number of carbonyl (C=O) groups excluding carboxylic acids is 1. The molecular formula is C12H23NO3. The third-order valence-corrected chi connectivity index (χ3v) is 2.42. The molecule has 0 unspecified atom stereocenters. The van der Waals surface area contributed by atoms with Crippen LogP contribution in [0.3, 0.4) is 0 Å². The zero-order chi connectivity index (χ0) is 12.4. The van der Waals surface area contributed by atoms with E-state index in [1.165, 1.54) is 12.8 Å². The third-order valence-electron chi connectivity index (χ3n) is 2.42. The summed E-state index contributed by atoms with van der Waals surface area (Å²) in [4.78, 5) is 23.4. The van der Waals surface area contributed by atoms with Gasteiger partial charge in [0, 0.05) is 6.54 Å². The molecule has 0 fully saturated rings. The van der Waals surface area contributed by atoms with Crippen LogP contribution in [-0.2, 0) is 9.59 Å². The Kier molecular flexibility index (Phi) is 8.81. The first-order valence-electron chi connectivity index (χ1n) is 5.99. The number of aliphatic carboxylic acids is 1. The van der Waals surface area contributed by atoms with E-state index in [1.54, 1.807) is 6.92 Å². The highest BCUT2D eigenvalue weighted by Gasteiger charge is 2.09. The van der Waals surface area contributed by atoms with Gasteiger partial charge in [0.2, 0.25) is 0 Å².